The molecular weight excluding hydrogens is 128 g/mol. The zero-order valence-corrected chi connectivity index (χ0v) is 5.29. The maximum absolute atomic E-state index is 11.0. The van der Waals surface area contributed by atoms with Crippen molar-refractivity contribution in [2.75, 3.05) is 0 Å². The topological polar surface area (TPSA) is 45.8 Å². The molecule has 1 aromatic heterocycles. The van der Waals surface area contributed by atoms with Gasteiger partial charge in [-0.2, -0.15) is 5.10 Å². The molecule has 0 fully saturated rings. The summed E-state index contributed by atoms with van der Waals surface area (Å²) in [5, 5.41) is 6.49. The molecule has 0 atom stereocenters. The summed E-state index contributed by atoms with van der Waals surface area (Å²) in [5.74, 6) is 0.145. The molecule has 1 aliphatic carbocycles. The summed E-state index contributed by atoms with van der Waals surface area (Å²) in [6.45, 7) is 0. The largest absolute Gasteiger partial charge is 0.294 e. The summed E-state index contributed by atoms with van der Waals surface area (Å²) in [5.41, 5.74) is 1.54. The van der Waals surface area contributed by atoms with Crippen LogP contribution in [0.5, 0.6) is 0 Å². The molecule has 0 saturated carbocycles. The second-order valence-electron chi connectivity index (χ2n) is 2.23. The van der Waals surface area contributed by atoms with Crippen LogP contribution in [0, 0.1) is 0 Å². The van der Waals surface area contributed by atoms with Crippen molar-refractivity contribution in [1.82, 2.24) is 10.2 Å². The fourth-order valence-corrected chi connectivity index (χ4v) is 1.04. The van der Waals surface area contributed by atoms with E-state index in [0.29, 0.717) is 12.0 Å². The predicted octanol–water partition coefficient (Wildman–Crippen LogP) is 1.01. The number of hydrogen-bond donors (Lipinski definition) is 1. The number of hydrogen-bond acceptors (Lipinski definition) is 2. The van der Waals surface area contributed by atoms with Gasteiger partial charge in [-0.3, -0.25) is 9.89 Å². The standard InChI is InChI=1S/C7H6N2O/c10-7-3-1-2-6-5(7)4-8-9-6/h1-2,4H,3H2,(H,8,9). The number of H-pyrrole nitrogens is 1. The van der Waals surface area contributed by atoms with E-state index in [0.717, 1.165) is 5.69 Å². The van der Waals surface area contributed by atoms with Crippen LogP contribution in [0.3, 0.4) is 0 Å². The molecule has 0 aromatic carbocycles. The molecule has 0 saturated heterocycles. The number of aromatic amines is 1. The highest BCUT2D eigenvalue weighted by molar-refractivity contribution is 6.01. The Kier molecular flexibility index (Phi) is 0.974. The molecule has 0 radical (unpaired) electrons. The number of nitrogens with zero attached hydrogens (tertiary/aromatic N) is 1. The fourth-order valence-electron chi connectivity index (χ4n) is 1.04. The zero-order chi connectivity index (χ0) is 6.97. The molecule has 1 aromatic rings. The lowest BCUT2D eigenvalue weighted by Crippen LogP contribution is -2.01. The Balaban J connectivity index is 2.62. The van der Waals surface area contributed by atoms with Crippen LogP contribution in [-0.2, 0) is 0 Å². The van der Waals surface area contributed by atoms with Crippen molar-refractivity contribution in [2.45, 2.75) is 6.42 Å². The van der Waals surface area contributed by atoms with E-state index >= 15 is 0 Å². The zero-order valence-electron chi connectivity index (χ0n) is 5.29. The van der Waals surface area contributed by atoms with Gasteiger partial charge in [0.15, 0.2) is 5.78 Å². The Bertz CT molecular complexity index is 298. The molecule has 0 amide bonds. The molecule has 0 unspecified atom stereocenters. The number of carbonyl (C=O) groups excluding carboxylic acids is 1. The van der Waals surface area contributed by atoms with Gasteiger partial charge in [0.1, 0.15) is 0 Å². The van der Waals surface area contributed by atoms with Crippen molar-refractivity contribution in [3.63, 3.8) is 0 Å². The molecule has 0 aliphatic heterocycles. The lowest BCUT2D eigenvalue weighted by molar-refractivity contribution is 0.0994. The highest BCUT2D eigenvalue weighted by atomic mass is 16.1. The van der Waals surface area contributed by atoms with Gasteiger partial charge in [-0.05, 0) is 6.08 Å². The van der Waals surface area contributed by atoms with Gasteiger partial charge in [0, 0.05) is 6.42 Å². The van der Waals surface area contributed by atoms with E-state index in [1.807, 2.05) is 12.2 Å². The van der Waals surface area contributed by atoms with E-state index in [-0.39, 0.29) is 5.78 Å². The van der Waals surface area contributed by atoms with Gasteiger partial charge < -0.3 is 0 Å². The average Bonchev–Trinajstić information content (AvgIpc) is 2.36. The summed E-state index contributed by atoms with van der Waals surface area (Å²) < 4.78 is 0. The van der Waals surface area contributed by atoms with Gasteiger partial charge in [-0.25, -0.2) is 0 Å². The van der Waals surface area contributed by atoms with Gasteiger partial charge >= 0.3 is 0 Å². The van der Waals surface area contributed by atoms with Gasteiger partial charge in [0.2, 0.25) is 0 Å². The Labute approximate surface area is 57.8 Å². The third-order valence-corrected chi connectivity index (χ3v) is 1.56. The molecule has 1 N–H and O–H groups in total. The first-order chi connectivity index (χ1) is 4.88. The maximum Gasteiger partial charge on any atom is 0.170 e. The number of carbonyl (C=O) groups is 1. The molecule has 1 aliphatic rings. The van der Waals surface area contributed by atoms with Gasteiger partial charge in [0.25, 0.3) is 0 Å². The molecule has 3 heteroatoms. The SMILES string of the molecule is O=C1CC=Cc2[nH]ncc21. The van der Waals surface area contributed by atoms with Crippen LogP contribution in [0.2, 0.25) is 0 Å². The number of allylic oxidation sites excluding steroid dienone is 1. The van der Waals surface area contributed by atoms with E-state index in [9.17, 15) is 4.79 Å². The van der Waals surface area contributed by atoms with E-state index in [2.05, 4.69) is 10.2 Å². The van der Waals surface area contributed by atoms with Gasteiger partial charge in [-0.15, -0.1) is 0 Å². The first-order valence-electron chi connectivity index (χ1n) is 3.11. The lowest BCUT2D eigenvalue weighted by Gasteiger charge is -1.99. The van der Waals surface area contributed by atoms with Crippen LogP contribution in [0.25, 0.3) is 6.08 Å². The second kappa shape index (κ2) is 1.80. The number of ketones is 1. The van der Waals surface area contributed by atoms with Crippen LogP contribution in [0.1, 0.15) is 22.5 Å². The van der Waals surface area contributed by atoms with Crippen LogP contribution < -0.4 is 0 Å². The molecule has 1 heterocycles. The minimum Gasteiger partial charge on any atom is -0.294 e. The first-order valence-corrected chi connectivity index (χ1v) is 3.11. The Morgan fingerprint density at radius 2 is 2.50 bits per heavy atom. The molecular formula is C7H6N2O. The normalized spacial score (nSPS) is 15.4. The molecule has 3 nitrogen and oxygen atoms in total. The summed E-state index contributed by atoms with van der Waals surface area (Å²) in [7, 11) is 0. The van der Waals surface area contributed by atoms with E-state index in [1.165, 1.54) is 0 Å². The Morgan fingerprint density at radius 1 is 1.60 bits per heavy atom. The molecule has 10 heavy (non-hydrogen) atoms. The fraction of sp³-hybridized carbons (Fsp3) is 0.143. The third kappa shape index (κ3) is 0.603. The summed E-state index contributed by atoms with van der Waals surface area (Å²) >= 11 is 0. The highest BCUT2D eigenvalue weighted by Crippen LogP contribution is 2.14. The Hall–Kier alpha value is -1.38. The average molecular weight is 134 g/mol. The predicted molar refractivity (Wildman–Crippen MR) is 36.6 cm³/mol. The number of Topliss-reactive ketones (excluding diaryl/α,β-unsaturated/α-hetero) is 1. The minimum atomic E-state index is 0.145. The van der Waals surface area contributed by atoms with Crippen LogP contribution >= 0.6 is 0 Å². The van der Waals surface area contributed by atoms with Crippen LogP contribution in [0.15, 0.2) is 12.3 Å². The van der Waals surface area contributed by atoms with Gasteiger partial charge in [0.05, 0.1) is 17.5 Å². The second-order valence-corrected chi connectivity index (χ2v) is 2.23. The van der Waals surface area contributed by atoms with E-state index in [4.69, 9.17) is 0 Å². The molecule has 50 valence electrons. The minimum absolute atomic E-state index is 0.145. The van der Waals surface area contributed by atoms with Gasteiger partial charge in [-0.1, -0.05) is 6.08 Å². The number of aromatic nitrogens is 2. The molecule has 0 spiro atoms. The lowest BCUT2D eigenvalue weighted by atomic mass is 10.0. The number of rotatable bonds is 0. The van der Waals surface area contributed by atoms with Crippen molar-refractivity contribution in [3.8, 4) is 0 Å². The van der Waals surface area contributed by atoms with E-state index < -0.39 is 0 Å². The van der Waals surface area contributed by atoms with E-state index in [1.54, 1.807) is 6.20 Å². The quantitative estimate of drug-likeness (QED) is 0.575. The Morgan fingerprint density at radius 3 is 3.30 bits per heavy atom. The maximum atomic E-state index is 11.0. The highest BCUT2D eigenvalue weighted by Gasteiger charge is 2.13. The third-order valence-electron chi connectivity index (χ3n) is 1.56. The molecule has 2 rings (SSSR count). The first kappa shape index (κ1) is 5.41. The number of nitrogens with one attached hydrogen (secondary N) is 1. The van der Waals surface area contributed by atoms with Crippen molar-refractivity contribution >= 4 is 11.9 Å². The van der Waals surface area contributed by atoms with Crippen molar-refractivity contribution in [3.05, 3.63) is 23.5 Å². The molecule has 0 bridgehead atoms. The van der Waals surface area contributed by atoms with Crippen molar-refractivity contribution in [1.29, 1.82) is 0 Å². The summed E-state index contributed by atoms with van der Waals surface area (Å²) in [6, 6.07) is 0. The summed E-state index contributed by atoms with van der Waals surface area (Å²) in [6.07, 6.45) is 5.79. The van der Waals surface area contributed by atoms with Crippen molar-refractivity contribution in [2.24, 2.45) is 0 Å². The summed E-state index contributed by atoms with van der Waals surface area (Å²) in [4.78, 5) is 11.0. The smallest absolute Gasteiger partial charge is 0.170 e. The van der Waals surface area contributed by atoms with Crippen molar-refractivity contribution < 1.29 is 4.79 Å². The van der Waals surface area contributed by atoms with Crippen LogP contribution in [-0.4, -0.2) is 16.0 Å². The van der Waals surface area contributed by atoms with Crippen LogP contribution in [0.4, 0.5) is 0 Å². The monoisotopic (exact) mass is 134 g/mol. The number of fused-ring (bicyclic) bond motifs is 1.